The van der Waals surface area contributed by atoms with Crippen molar-refractivity contribution >= 4 is 0 Å². The van der Waals surface area contributed by atoms with Crippen LogP contribution in [0.15, 0.2) is 0 Å². The van der Waals surface area contributed by atoms with Crippen molar-refractivity contribution in [3.05, 3.63) is 0 Å². The first-order chi connectivity index (χ1) is 4.68. The van der Waals surface area contributed by atoms with Crippen LogP contribution in [-0.4, -0.2) is 6.04 Å². The number of terminal acetylenes is 1. The highest BCUT2D eigenvalue weighted by Gasteiger charge is 2.05. The van der Waals surface area contributed by atoms with Gasteiger partial charge in [-0.2, -0.15) is 0 Å². The summed E-state index contributed by atoms with van der Waals surface area (Å²) in [6.45, 7) is 4.28. The molecule has 0 fully saturated rings. The predicted molar refractivity (Wildman–Crippen MR) is 45.5 cm³/mol. The van der Waals surface area contributed by atoms with Gasteiger partial charge in [-0.05, 0) is 18.8 Å². The molecule has 0 amide bonds. The first-order valence-corrected chi connectivity index (χ1v) is 3.87. The zero-order valence-electron chi connectivity index (χ0n) is 6.93. The van der Waals surface area contributed by atoms with Gasteiger partial charge >= 0.3 is 0 Å². The molecule has 0 heterocycles. The Hall–Kier alpha value is -0.480. The number of nitrogens with two attached hydrogens (primary N) is 1. The van der Waals surface area contributed by atoms with Gasteiger partial charge in [-0.3, -0.25) is 0 Å². The van der Waals surface area contributed by atoms with Gasteiger partial charge in [0, 0.05) is 12.5 Å². The van der Waals surface area contributed by atoms with Gasteiger partial charge in [0.05, 0.1) is 0 Å². The van der Waals surface area contributed by atoms with E-state index in [0.29, 0.717) is 12.0 Å². The fraction of sp³-hybridized carbons (Fsp3) is 0.778. The lowest BCUT2D eigenvalue weighted by atomic mass is 10.00. The van der Waals surface area contributed by atoms with Crippen molar-refractivity contribution < 1.29 is 0 Å². The fourth-order valence-electron chi connectivity index (χ4n) is 0.773. The van der Waals surface area contributed by atoms with Gasteiger partial charge in [0.2, 0.25) is 0 Å². The summed E-state index contributed by atoms with van der Waals surface area (Å²) >= 11 is 0. The maximum Gasteiger partial charge on any atom is 0.00866 e. The van der Waals surface area contributed by atoms with E-state index in [0.717, 1.165) is 19.3 Å². The first kappa shape index (κ1) is 9.52. The van der Waals surface area contributed by atoms with Crippen LogP contribution in [-0.2, 0) is 0 Å². The summed E-state index contributed by atoms with van der Waals surface area (Å²) in [5, 5.41) is 0. The average molecular weight is 139 g/mol. The third-order valence-corrected chi connectivity index (χ3v) is 1.71. The molecule has 1 unspecified atom stereocenters. The Bertz CT molecular complexity index is 110. The Morgan fingerprint density at radius 3 is 2.50 bits per heavy atom. The Balaban J connectivity index is 3.23. The Labute approximate surface area is 64.0 Å². The number of rotatable bonds is 4. The van der Waals surface area contributed by atoms with Crippen molar-refractivity contribution in [2.75, 3.05) is 0 Å². The summed E-state index contributed by atoms with van der Waals surface area (Å²) in [4.78, 5) is 0. The van der Waals surface area contributed by atoms with Gasteiger partial charge in [0.1, 0.15) is 0 Å². The Kier molecular flexibility index (Phi) is 5.06. The van der Waals surface area contributed by atoms with Crippen molar-refractivity contribution in [1.29, 1.82) is 0 Å². The van der Waals surface area contributed by atoms with Crippen molar-refractivity contribution in [3.8, 4) is 12.3 Å². The van der Waals surface area contributed by atoms with Gasteiger partial charge in [-0.15, -0.1) is 12.3 Å². The van der Waals surface area contributed by atoms with Crippen LogP contribution < -0.4 is 5.73 Å². The van der Waals surface area contributed by atoms with Crippen molar-refractivity contribution in [2.24, 2.45) is 11.7 Å². The molecule has 1 heteroatoms. The van der Waals surface area contributed by atoms with E-state index in [1.807, 2.05) is 0 Å². The molecule has 0 saturated heterocycles. The molecule has 0 radical (unpaired) electrons. The lowest BCUT2D eigenvalue weighted by Gasteiger charge is -2.13. The molecule has 1 atom stereocenters. The highest BCUT2D eigenvalue weighted by Crippen LogP contribution is 2.06. The van der Waals surface area contributed by atoms with Crippen LogP contribution in [0.1, 0.15) is 33.1 Å². The summed E-state index contributed by atoms with van der Waals surface area (Å²) in [5.41, 5.74) is 5.79. The fourth-order valence-corrected chi connectivity index (χ4v) is 0.773. The molecule has 0 saturated carbocycles. The second kappa shape index (κ2) is 5.32. The molecule has 0 aliphatic heterocycles. The Morgan fingerprint density at radius 2 is 2.10 bits per heavy atom. The maximum absolute atomic E-state index is 5.79. The number of hydrogen-bond acceptors (Lipinski definition) is 1. The predicted octanol–water partition coefficient (Wildman–Crippen LogP) is 1.77. The largest absolute Gasteiger partial charge is 0.327 e. The van der Waals surface area contributed by atoms with Crippen molar-refractivity contribution in [1.82, 2.24) is 0 Å². The second-order valence-electron chi connectivity index (χ2n) is 3.00. The van der Waals surface area contributed by atoms with Crippen LogP contribution in [0.5, 0.6) is 0 Å². The van der Waals surface area contributed by atoms with Gasteiger partial charge in [0.15, 0.2) is 0 Å². The van der Waals surface area contributed by atoms with Crippen LogP contribution in [0, 0.1) is 18.3 Å². The first-order valence-electron chi connectivity index (χ1n) is 3.87. The standard InChI is InChI=1S/C9H17N/c1-4-5-6-7-9(10)8(2)3/h1,8-9H,5-7,10H2,2-3H3. The zero-order chi connectivity index (χ0) is 7.98. The molecule has 0 spiro atoms. The van der Waals surface area contributed by atoms with E-state index in [4.69, 9.17) is 12.2 Å². The average Bonchev–Trinajstić information content (AvgIpc) is 1.88. The third kappa shape index (κ3) is 4.40. The number of hydrogen-bond donors (Lipinski definition) is 1. The Morgan fingerprint density at radius 1 is 1.50 bits per heavy atom. The van der Waals surface area contributed by atoms with E-state index in [2.05, 4.69) is 19.8 Å². The molecular weight excluding hydrogens is 122 g/mol. The molecule has 0 aliphatic rings. The van der Waals surface area contributed by atoms with Gasteiger partial charge < -0.3 is 5.73 Å². The van der Waals surface area contributed by atoms with Crippen molar-refractivity contribution in [3.63, 3.8) is 0 Å². The minimum absolute atomic E-state index is 0.327. The smallest absolute Gasteiger partial charge is 0.00866 e. The molecule has 10 heavy (non-hydrogen) atoms. The van der Waals surface area contributed by atoms with E-state index in [1.165, 1.54) is 0 Å². The number of unbranched alkanes of at least 4 members (excludes halogenated alkanes) is 1. The van der Waals surface area contributed by atoms with Crippen LogP contribution in [0.4, 0.5) is 0 Å². The van der Waals surface area contributed by atoms with Gasteiger partial charge in [0.25, 0.3) is 0 Å². The highest BCUT2D eigenvalue weighted by molar-refractivity contribution is 4.83. The summed E-state index contributed by atoms with van der Waals surface area (Å²) in [5.74, 6) is 3.19. The minimum atomic E-state index is 0.327. The van der Waals surface area contributed by atoms with E-state index < -0.39 is 0 Å². The lowest BCUT2D eigenvalue weighted by molar-refractivity contribution is 0.455. The summed E-state index contributed by atoms with van der Waals surface area (Å²) in [6, 6.07) is 0.327. The van der Waals surface area contributed by atoms with Crippen molar-refractivity contribution in [2.45, 2.75) is 39.2 Å². The molecule has 0 aromatic heterocycles. The maximum atomic E-state index is 5.79. The normalized spacial score (nSPS) is 13.1. The summed E-state index contributed by atoms with van der Waals surface area (Å²) < 4.78 is 0. The van der Waals surface area contributed by atoms with E-state index >= 15 is 0 Å². The van der Waals surface area contributed by atoms with Crippen LogP contribution in [0.3, 0.4) is 0 Å². The molecule has 0 aliphatic carbocycles. The monoisotopic (exact) mass is 139 g/mol. The third-order valence-electron chi connectivity index (χ3n) is 1.71. The second-order valence-corrected chi connectivity index (χ2v) is 3.00. The highest BCUT2D eigenvalue weighted by atomic mass is 14.6. The minimum Gasteiger partial charge on any atom is -0.327 e. The molecule has 0 aromatic rings. The molecule has 0 rings (SSSR count). The quantitative estimate of drug-likeness (QED) is 0.466. The molecule has 58 valence electrons. The molecule has 0 aromatic carbocycles. The molecule has 0 bridgehead atoms. The van der Waals surface area contributed by atoms with E-state index in [1.54, 1.807) is 0 Å². The van der Waals surface area contributed by atoms with E-state index in [9.17, 15) is 0 Å². The van der Waals surface area contributed by atoms with Crippen LogP contribution in [0.25, 0.3) is 0 Å². The summed E-state index contributed by atoms with van der Waals surface area (Å²) in [6.07, 6.45) is 8.08. The summed E-state index contributed by atoms with van der Waals surface area (Å²) in [7, 11) is 0. The van der Waals surface area contributed by atoms with Gasteiger partial charge in [-0.1, -0.05) is 13.8 Å². The molecular formula is C9H17N. The van der Waals surface area contributed by atoms with E-state index in [-0.39, 0.29) is 0 Å². The zero-order valence-corrected chi connectivity index (χ0v) is 6.93. The molecule has 1 nitrogen and oxygen atoms in total. The lowest BCUT2D eigenvalue weighted by Crippen LogP contribution is -2.25. The van der Waals surface area contributed by atoms with Crippen LogP contribution >= 0.6 is 0 Å². The SMILES string of the molecule is C#CCCCC(N)C(C)C. The van der Waals surface area contributed by atoms with Crippen LogP contribution in [0.2, 0.25) is 0 Å². The van der Waals surface area contributed by atoms with Gasteiger partial charge in [-0.25, -0.2) is 0 Å². The molecule has 2 N–H and O–H groups in total. The topological polar surface area (TPSA) is 26.0 Å².